The highest BCUT2D eigenvalue weighted by molar-refractivity contribution is 6.30. The van der Waals surface area contributed by atoms with Crippen LogP contribution in [-0.4, -0.2) is 12.1 Å². The lowest BCUT2D eigenvalue weighted by atomic mass is 9.81. The maximum absolute atomic E-state index is 13.8. The Kier molecular flexibility index (Phi) is 4.33. The predicted molar refractivity (Wildman–Crippen MR) is 84.1 cm³/mol. The van der Waals surface area contributed by atoms with Crippen molar-refractivity contribution in [1.29, 1.82) is 0 Å². The molecule has 7 heteroatoms. The molecule has 0 radical (unpaired) electrons. The van der Waals surface area contributed by atoms with Gasteiger partial charge in [0.05, 0.1) is 0 Å². The van der Waals surface area contributed by atoms with Crippen molar-refractivity contribution in [3.8, 4) is 0 Å². The lowest BCUT2D eigenvalue weighted by Crippen LogP contribution is -2.43. The molecule has 0 aliphatic carbocycles. The molecule has 0 N–H and O–H groups in total. The largest absolute Gasteiger partial charge is 0.425 e. The second-order valence-electron chi connectivity index (χ2n) is 5.68. The van der Waals surface area contributed by atoms with Crippen molar-refractivity contribution in [1.82, 2.24) is 0 Å². The molecule has 1 aliphatic heterocycles. The Morgan fingerprint density at radius 2 is 1.60 bits per heavy atom. The van der Waals surface area contributed by atoms with E-state index in [1.165, 1.54) is 36.4 Å². The Hall–Kier alpha value is -2.34. The third-order valence-electron chi connectivity index (χ3n) is 3.98. The number of alkyl halides is 3. The lowest BCUT2D eigenvalue weighted by Gasteiger charge is -2.26. The van der Waals surface area contributed by atoms with Gasteiger partial charge in [0.2, 0.25) is 0 Å². The number of hydrogen-bond donors (Lipinski definition) is 0. The number of carbonyl (C=O) groups excluding carboxylic acids is 1. The van der Waals surface area contributed by atoms with Crippen LogP contribution in [0.1, 0.15) is 11.1 Å². The van der Waals surface area contributed by atoms with E-state index in [1.807, 2.05) is 0 Å². The summed E-state index contributed by atoms with van der Waals surface area (Å²) < 4.78 is 59.1. The van der Waals surface area contributed by atoms with Crippen LogP contribution in [0.5, 0.6) is 0 Å². The highest BCUT2D eigenvalue weighted by Gasteiger charge is 2.63. The SMILES string of the molecule is O=C1OC(c2ccc(F)cc2)=CC1(Cc1ccc(Cl)cc1)C(F)(F)F. The van der Waals surface area contributed by atoms with Crippen molar-refractivity contribution in [2.24, 2.45) is 5.41 Å². The Morgan fingerprint density at radius 3 is 2.16 bits per heavy atom. The van der Waals surface area contributed by atoms with Crippen LogP contribution in [0.15, 0.2) is 54.6 Å². The van der Waals surface area contributed by atoms with E-state index < -0.39 is 29.8 Å². The van der Waals surface area contributed by atoms with Crippen LogP contribution in [0.4, 0.5) is 17.6 Å². The highest BCUT2D eigenvalue weighted by atomic mass is 35.5. The quantitative estimate of drug-likeness (QED) is 0.550. The van der Waals surface area contributed by atoms with E-state index >= 15 is 0 Å². The van der Waals surface area contributed by atoms with Gasteiger partial charge in [-0.15, -0.1) is 0 Å². The van der Waals surface area contributed by atoms with Crippen molar-refractivity contribution in [2.45, 2.75) is 12.6 Å². The molecule has 2 aromatic carbocycles. The van der Waals surface area contributed by atoms with Crippen LogP contribution in [0, 0.1) is 11.2 Å². The molecule has 25 heavy (non-hydrogen) atoms. The third kappa shape index (κ3) is 3.26. The van der Waals surface area contributed by atoms with Crippen LogP contribution < -0.4 is 0 Å². The summed E-state index contributed by atoms with van der Waals surface area (Å²) in [7, 11) is 0. The number of esters is 1. The Morgan fingerprint density at radius 1 is 1.00 bits per heavy atom. The normalized spacial score (nSPS) is 20.4. The fraction of sp³-hybridized carbons (Fsp3) is 0.167. The van der Waals surface area contributed by atoms with Gasteiger partial charge in [0.25, 0.3) is 0 Å². The van der Waals surface area contributed by atoms with E-state index in [2.05, 4.69) is 0 Å². The standard InChI is InChI=1S/C18H11ClF4O2/c19-13-5-1-11(2-6-13)9-17(18(21,22)23)10-15(25-16(17)24)12-3-7-14(20)8-4-12/h1-8,10H,9H2. The van der Waals surface area contributed by atoms with Gasteiger partial charge in [0, 0.05) is 17.0 Å². The number of cyclic esters (lactones) is 1. The van der Waals surface area contributed by atoms with Crippen molar-refractivity contribution in [3.05, 3.63) is 76.6 Å². The number of carbonyl (C=O) groups is 1. The molecular formula is C18H11ClF4O2. The summed E-state index contributed by atoms with van der Waals surface area (Å²) in [4.78, 5) is 12.2. The molecule has 0 saturated carbocycles. The van der Waals surface area contributed by atoms with Crippen molar-refractivity contribution in [2.75, 3.05) is 0 Å². The minimum Gasteiger partial charge on any atom is -0.425 e. The van der Waals surface area contributed by atoms with Gasteiger partial charge in [0.15, 0.2) is 5.41 Å². The maximum Gasteiger partial charge on any atom is 0.408 e. The topological polar surface area (TPSA) is 26.3 Å². The first-order valence-electron chi connectivity index (χ1n) is 7.23. The van der Waals surface area contributed by atoms with Gasteiger partial charge in [-0.1, -0.05) is 23.7 Å². The summed E-state index contributed by atoms with van der Waals surface area (Å²) >= 11 is 5.74. The molecule has 3 rings (SSSR count). The second kappa shape index (κ2) is 6.19. The Bertz CT molecular complexity index is 826. The molecule has 2 nitrogen and oxygen atoms in total. The first-order chi connectivity index (χ1) is 11.7. The minimum absolute atomic E-state index is 0.192. The van der Waals surface area contributed by atoms with Crippen LogP contribution >= 0.6 is 11.6 Å². The molecular weight excluding hydrogens is 360 g/mol. The number of rotatable bonds is 3. The first kappa shape index (κ1) is 17.5. The summed E-state index contributed by atoms with van der Waals surface area (Å²) in [5.41, 5.74) is -2.32. The predicted octanol–water partition coefficient (Wildman–Crippen LogP) is 5.17. The first-order valence-corrected chi connectivity index (χ1v) is 7.61. The maximum atomic E-state index is 13.8. The highest BCUT2D eigenvalue weighted by Crippen LogP contribution is 2.49. The van der Waals surface area contributed by atoms with E-state index in [9.17, 15) is 22.4 Å². The molecule has 130 valence electrons. The van der Waals surface area contributed by atoms with Crippen LogP contribution in [0.3, 0.4) is 0 Å². The van der Waals surface area contributed by atoms with E-state index in [1.54, 1.807) is 0 Å². The van der Waals surface area contributed by atoms with Crippen molar-refractivity contribution in [3.63, 3.8) is 0 Å². The molecule has 0 aromatic heterocycles. The fourth-order valence-electron chi connectivity index (χ4n) is 2.60. The average Bonchev–Trinajstić information content (AvgIpc) is 2.88. The molecule has 1 aliphatic rings. The number of halogens is 5. The zero-order valence-corrected chi connectivity index (χ0v) is 13.4. The fourth-order valence-corrected chi connectivity index (χ4v) is 2.73. The number of hydrogen-bond acceptors (Lipinski definition) is 2. The Labute approximate surface area is 145 Å². The second-order valence-corrected chi connectivity index (χ2v) is 6.11. The zero-order valence-electron chi connectivity index (χ0n) is 12.6. The molecule has 0 spiro atoms. The van der Waals surface area contributed by atoms with E-state index in [0.29, 0.717) is 5.02 Å². The van der Waals surface area contributed by atoms with Gasteiger partial charge in [-0.25, -0.2) is 4.39 Å². The van der Waals surface area contributed by atoms with Gasteiger partial charge in [-0.05, 0) is 48.0 Å². The zero-order chi connectivity index (χ0) is 18.2. The molecule has 1 heterocycles. The number of benzene rings is 2. The summed E-state index contributed by atoms with van der Waals surface area (Å²) in [5, 5.41) is 0.376. The monoisotopic (exact) mass is 370 g/mol. The van der Waals surface area contributed by atoms with Gasteiger partial charge >= 0.3 is 12.1 Å². The molecule has 2 aromatic rings. The van der Waals surface area contributed by atoms with Crippen LogP contribution in [0.25, 0.3) is 5.76 Å². The average molecular weight is 371 g/mol. The summed E-state index contributed by atoms with van der Waals surface area (Å²) in [6.45, 7) is 0. The summed E-state index contributed by atoms with van der Waals surface area (Å²) in [6, 6.07) is 10.4. The summed E-state index contributed by atoms with van der Waals surface area (Å²) in [5.74, 6) is -2.19. The lowest BCUT2D eigenvalue weighted by molar-refractivity contribution is -0.212. The number of ether oxygens (including phenoxy) is 1. The van der Waals surface area contributed by atoms with E-state index in [4.69, 9.17) is 16.3 Å². The van der Waals surface area contributed by atoms with Gasteiger partial charge in [0.1, 0.15) is 11.6 Å². The molecule has 0 bridgehead atoms. The molecule has 0 amide bonds. The molecule has 0 saturated heterocycles. The molecule has 0 fully saturated rings. The Balaban J connectivity index is 2.03. The van der Waals surface area contributed by atoms with E-state index in [-0.39, 0.29) is 16.9 Å². The van der Waals surface area contributed by atoms with Crippen LogP contribution in [0.2, 0.25) is 5.02 Å². The van der Waals surface area contributed by atoms with Crippen molar-refractivity contribution >= 4 is 23.3 Å². The minimum atomic E-state index is -4.86. The molecule has 1 unspecified atom stereocenters. The van der Waals surface area contributed by atoms with Crippen LogP contribution in [-0.2, 0) is 16.0 Å². The van der Waals surface area contributed by atoms with Gasteiger partial charge in [-0.2, -0.15) is 13.2 Å². The summed E-state index contributed by atoms with van der Waals surface area (Å²) in [6.07, 6.45) is -4.71. The van der Waals surface area contributed by atoms with Crippen molar-refractivity contribution < 1.29 is 27.1 Å². The third-order valence-corrected chi connectivity index (χ3v) is 4.23. The van der Waals surface area contributed by atoms with Gasteiger partial charge < -0.3 is 4.74 Å². The van der Waals surface area contributed by atoms with Gasteiger partial charge in [-0.3, -0.25) is 4.79 Å². The molecule has 1 atom stereocenters. The smallest absolute Gasteiger partial charge is 0.408 e. The van der Waals surface area contributed by atoms with E-state index in [0.717, 1.165) is 18.2 Å².